The van der Waals surface area contributed by atoms with Crippen LogP contribution in [0, 0.1) is 5.41 Å². The van der Waals surface area contributed by atoms with Crippen molar-refractivity contribution in [3.63, 3.8) is 0 Å². The SMILES string of the molecule is CCC1(C)C2c3ccccc3SC2c2cccc[n+]2C1(C)CC. The molecular formula is C21H26NS+. The number of rotatable bonds is 2. The Morgan fingerprint density at radius 3 is 2.48 bits per heavy atom. The largest absolute Gasteiger partial charge is 0.196 e. The molecule has 23 heavy (non-hydrogen) atoms. The van der Waals surface area contributed by atoms with E-state index in [2.05, 4.69) is 92.7 Å². The van der Waals surface area contributed by atoms with Gasteiger partial charge in [0.2, 0.25) is 0 Å². The Balaban J connectivity index is 2.03. The number of benzene rings is 1. The van der Waals surface area contributed by atoms with E-state index in [1.807, 2.05) is 0 Å². The maximum atomic E-state index is 2.59. The van der Waals surface area contributed by atoms with E-state index in [9.17, 15) is 0 Å². The summed E-state index contributed by atoms with van der Waals surface area (Å²) in [6.45, 7) is 9.73. The van der Waals surface area contributed by atoms with Crippen LogP contribution in [-0.2, 0) is 5.54 Å². The van der Waals surface area contributed by atoms with E-state index in [0.717, 1.165) is 6.42 Å². The molecule has 0 spiro atoms. The van der Waals surface area contributed by atoms with Crippen molar-refractivity contribution in [1.82, 2.24) is 0 Å². The molecule has 0 saturated carbocycles. The molecule has 0 radical (unpaired) electrons. The van der Waals surface area contributed by atoms with Gasteiger partial charge in [-0.15, -0.1) is 11.8 Å². The van der Waals surface area contributed by atoms with E-state index >= 15 is 0 Å². The van der Waals surface area contributed by atoms with Crippen LogP contribution in [0.3, 0.4) is 0 Å². The van der Waals surface area contributed by atoms with Gasteiger partial charge in [0.25, 0.3) is 0 Å². The lowest BCUT2D eigenvalue weighted by Crippen LogP contribution is -2.69. The Bertz CT molecular complexity index is 755. The predicted molar refractivity (Wildman–Crippen MR) is 96.8 cm³/mol. The van der Waals surface area contributed by atoms with Crippen LogP contribution in [0.15, 0.2) is 53.6 Å². The van der Waals surface area contributed by atoms with Gasteiger partial charge in [-0.1, -0.05) is 45.0 Å². The summed E-state index contributed by atoms with van der Waals surface area (Å²) < 4.78 is 2.59. The lowest BCUT2D eigenvalue weighted by molar-refractivity contribution is -0.791. The Hall–Kier alpha value is -1.28. The van der Waals surface area contributed by atoms with Gasteiger partial charge in [-0.2, -0.15) is 4.57 Å². The Morgan fingerprint density at radius 1 is 1.00 bits per heavy atom. The molecule has 0 saturated heterocycles. The highest BCUT2D eigenvalue weighted by Gasteiger charge is 2.64. The molecule has 4 rings (SSSR count). The number of thioether (sulfide) groups is 1. The molecule has 4 atom stereocenters. The van der Waals surface area contributed by atoms with Gasteiger partial charge in [0.15, 0.2) is 17.4 Å². The molecule has 0 aliphatic carbocycles. The van der Waals surface area contributed by atoms with Crippen molar-refractivity contribution in [2.45, 2.75) is 62.1 Å². The van der Waals surface area contributed by atoms with Gasteiger partial charge in [0, 0.05) is 41.7 Å². The predicted octanol–water partition coefficient (Wildman–Crippen LogP) is 5.46. The zero-order chi connectivity index (χ0) is 16.2. The first-order chi connectivity index (χ1) is 11.1. The molecule has 1 aromatic carbocycles. The Morgan fingerprint density at radius 2 is 1.74 bits per heavy atom. The second kappa shape index (κ2) is 5.11. The first-order valence-electron chi connectivity index (χ1n) is 8.83. The highest BCUT2D eigenvalue weighted by molar-refractivity contribution is 8.00. The maximum Gasteiger partial charge on any atom is 0.195 e. The topological polar surface area (TPSA) is 3.88 Å². The molecule has 3 heterocycles. The van der Waals surface area contributed by atoms with Crippen LogP contribution in [0.2, 0.25) is 0 Å². The summed E-state index contributed by atoms with van der Waals surface area (Å²) in [7, 11) is 0. The standard InChI is InChI=1S/C21H26NS/c1-5-20(3)18-15-11-7-8-13-17(15)23-19(18)16-12-9-10-14-22(16)21(20,4)6-2/h7-14,18-19H,5-6H2,1-4H3/q+1. The van der Waals surface area contributed by atoms with Crippen molar-refractivity contribution >= 4 is 11.8 Å². The molecule has 1 nitrogen and oxygen atoms in total. The summed E-state index contributed by atoms with van der Waals surface area (Å²) in [4.78, 5) is 1.48. The van der Waals surface area contributed by atoms with Gasteiger partial charge in [-0.05, 0) is 18.1 Å². The highest BCUT2D eigenvalue weighted by Crippen LogP contribution is 2.66. The molecule has 4 unspecified atom stereocenters. The third-order valence-corrected chi connectivity index (χ3v) is 8.26. The fourth-order valence-electron chi connectivity index (χ4n) is 5.04. The second-order valence-corrected chi connectivity index (χ2v) is 8.63. The van der Waals surface area contributed by atoms with Gasteiger partial charge >= 0.3 is 0 Å². The Labute approximate surface area is 144 Å². The van der Waals surface area contributed by atoms with Crippen molar-refractivity contribution in [2.24, 2.45) is 5.41 Å². The number of hydrogen-bond donors (Lipinski definition) is 0. The lowest BCUT2D eigenvalue weighted by atomic mass is 9.56. The van der Waals surface area contributed by atoms with Gasteiger partial charge in [-0.3, -0.25) is 0 Å². The van der Waals surface area contributed by atoms with Gasteiger partial charge in [0.1, 0.15) is 5.25 Å². The highest BCUT2D eigenvalue weighted by atomic mass is 32.2. The van der Waals surface area contributed by atoms with Crippen LogP contribution in [0.1, 0.15) is 63.0 Å². The molecule has 0 bridgehead atoms. The number of fused-ring (bicyclic) bond motifs is 5. The molecule has 2 aliphatic rings. The number of hydrogen-bond acceptors (Lipinski definition) is 1. The molecule has 2 aliphatic heterocycles. The summed E-state index contributed by atoms with van der Waals surface area (Å²) in [5.74, 6) is 0.598. The maximum absolute atomic E-state index is 2.59. The monoisotopic (exact) mass is 324 g/mol. The second-order valence-electron chi connectivity index (χ2n) is 7.45. The smallest absolute Gasteiger partial charge is 0.195 e. The van der Waals surface area contributed by atoms with E-state index < -0.39 is 0 Å². The molecule has 2 aromatic rings. The van der Waals surface area contributed by atoms with Crippen LogP contribution in [-0.4, -0.2) is 0 Å². The molecule has 0 fully saturated rings. The summed E-state index contributed by atoms with van der Waals surface area (Å²) in [5.41, 5.74) is 3.47. The van der Waals surface area contributed by atoms with Crippen LogP contribution in [0.5, 0.6) is 0 Å². The first kappa shape index (κ1) is 15.3. The molecule has 120 valence electrons. The number of nitrogens with zero attached hydrogens (tertiary/aromatic N) is 1. The van der Waals surface area contributed by atoms with Crippen molar-refractivity contribution in [3.05, 3.63) is 59.9 Å². The van der Waals surface area contributed by atoms with Crippen LogP contribution in [0.25, 0.3) is 0 Å². The fraction of sp³-hybridized carbons (Fsp3) is 0.476. The van der Waals surface area contributed by atoms with Crippen molar-refractivity contribution in [3.8, 4) is 0 Å². The number of aromatic nitrogens is 1. The molecule has 0 amide bonds. The van der Waals surface area contributed by atoms with Crippen molar-refractivity contribution in [2.75, 3.05) is 0 Å². The minimum absolute atomic E-state index is 0.150. The normalized spacial score (nSPS) is 34.6. The minimum atomic E-state index is 0.150. The van der Waals surface area contributed by atoms with E-state index in [1.165, 1.54) is 17.0 Å². The van der Waals surface area contributed by atoms with Crippen molar-refractivity contribution in [1.29, 1.82) is 0 Å². The fourth-order valence-corrected chi connectivity index (χ4v) is 6.70. The van der Waals surface area contributed by atoms with E-state index in [1.54, 1.807) is 5.56 Å². The molecule has 0 N–H and O–H groups in total. The zero-order valence-electron chi connectivity index (χ0n) is 14.5. The van der Waals surface area contributed by atoms with Gasteiger partial charge < -0.3 is 0 Å². The van der Waals surface area contributed by atoms with Crippen LogP contribution >= 0.6 is 11.8 Å². The quantitative estimate of drug-likeness (QED) is 0.663. The average molecular weight is 325 g/mol. The first-order valence-corrected chi connectivity index (χ1v) is 9.71. The zero-order valence-corrected chi connectivity index (χ0v) is 15.4. The third kappa shape index (κ3) is 1.79. The molecule has 1 aromatic heterocycles. The third-order valence-electron chi connectivity index (χ3n) is 6.87. The van der Waals surface area contributed by atoms with E-state index in [0.29, 0.717) is 11.2 Å². The van der Waals surface area contributed by atoms with E-state index in [4.69, 9.17) is 0 Å². The minimum Gasteiger partial charge on any atom is -0.196 e. The summed E-state index contributed by atoms with van der Waals surface area (Å²) in [6.07, 6.45) is 4.68. The van der Waals surface area contributed by atoms with E-state index in [-0.39, 0.29) is 11.0 Å². The summed E-state index contributed by atoms with van der Waals surface area (Å²) >= 11 is 2.07. The van der Waals surface area contributed by atoms with Gasteiger partial charge in [0.05, 0.1) is 0 Å². The van der Waals surface area contributed by atoms with Crippen LogP contribution < -0.4 is 4.57 Å². The summed E-state index contributed by atoms with van der Waals surface area (Å²) in [6, 6.07) is 15.8. The Kier molecular flexibility index (Phi) is 3.39. The lowest BCUT2D eigenvalue weighted by Gasteiger charge is -2.50. The van der Waals surface area contributed by atoms with Crippen LogP contribution in [0.4, 0.5) is 0 Å². The molecular weight excluding hydrogens is 298 g/mol. The average Bonchev–Trinajstić information content (AvgIpc) is 3.00. The van der Waals surface area contributed by atoms with Crippen molar-refractivity contribution < 1.29 is 4.57 Å². The summed E-state index contributed by atoms with van der Waals surface area (Å²) in [5, 5.41) is 0.540. The van der Waals surface area contributed by atoms with Gasteiger partial charge in [-0.25, -0.2) is 0 Å². The number of pyridine rings is 1. The molecule has 2 heteroatoms.